The standard InChI is InChI=1S/C7H5O2.C6H10O7.Na.O.Sb/c8-7(9)6-4-2-1-3-5-6;7-1-2(8)3(9)4(10)5(11)6(12)13;;;/h1-2,4-5H,(H,8,9);2-5,7,10-11H,1H2,(H,12,13);;;/q;-2;+1;;+2. The topological polar surface area (TPSA) is 171 Å². The first-order valence-electron chi connectivity index (χ1n) is 6.70. The van der Waals surface area contributed by atoms with Crippen LogP contribution in [0, 0.1) is 0 Å². The van der Waals surface area contributed by atoms with Crippen LogP contribution in [0.1, 0.15) is 10.4 Å². The van der Waals surface area contributed by atoms with Crippen molar-refractivity contribution in [1.82, 2.24) is 0 Å². The number of hydrogen-bond donors (Lipinski definition) is 5. The van der Waals surface area contributed by atoms with E-state index in [1.165, 1.54) is 18.2 Å². The molecule has 0 aromatic heterocycles. The molecule has 1 aromatic rings. The fourth-order valence-electron chi connectivity index (χ4n) is 2.17. The zero-order valence-electron chi connectivity index (χ0n) is 13.1. The van der Waals surface area contributed by atoms with Crippen LogP contribution in [0.4, 0.5) is 0 Å². The molecular weight excluding hydrogens is 461 g/mol. The number of aliphatic hydroxyl groups excluding tert-OH is 3. The molecule has 0 bridgehead atoms. The Hall–Kier alpha value is -0.422. The molecule has 10 nitrogen and oxygen atoms in total. The third-order valence-electron chi connectivity index (χ3n) is 3.40. The van der Waals surface area contributed by atoms with Crippen LogP contribution in [0.15, 0.2) is 24.3 Å². The van der Waals surface area contributed by atoms with Gasteiger partial charge in [-0.05, 0) is 0 Å². The summed E-state index contributed by atoms with van der Waals surface area (Å²) in [5.74, 6) is -2.99. The van der Waals surface area contributed by atoms with Crippen LogP contribution in [0.5, 0.6) is 0 Å². The van der Waals surface area contributed by atoms with Crippen LogP contribution in [-0.2, 0) is 13.8 Å². The van der Waals surface area contributed by atoms with E-state index in [4.69, 9.17) is 16.2 Å². The van der Waals surface area contributed by atoms with Gasteiger partial charge in [0.1, 0.15) is 0 Å². The first-order chi connectivity index (χ1) is 11.2. The Kier molecular flexibility index (Phi) is 8.13. The van der Waals surface area contributed by atoms with Gasteiger partial charge >= 0.3 is 170 Å². The summed E-state index contributed by atoms with van der Waals surface area (Å²) in [6, 6.07) is 4.97. The Morgan fingerprint density at radius 2 is 1.84 bits per heavy atom. The van der Waals surface area contributed by atoms with Gasteiger partial charge in [0.25, 0.3) is 0 Å². The van der Waals surface area contributed by atoms with Crippen molar-refractivity contribution in [3.8, 4) is 0 Å². The zero-order valence-corrected chi connectivity index (χ0v) is 17.6. The summed E-state index contributed by atoms with van der Waals surface area (Å²) < 4.78 is 23.2. The first kappa shape index (κ1) is 22.6. The molecular formula is C13H15NaO10Sb+. The maximum absolute atomic E-state index is 12.9. The second kappa shape index (κ2) is 8.98. The fourth-order valence-corrected chi connectivity index (χ4v) is 7.83. The van der Waals surface area contributed by atoms with Gasteiger partial charge < -0.3 is 0 Å². The molecule has 0 amide bonds. The predicted molar refractivity (Wildman–Crippen MR) is 76.0 cm³/mol. The number of aliphatic hydroxyl groups is 3. The molecule has 5 N–H and O–H groups in total. The summed E-state index contributed by atoms with van der Waals surface area (Å²) in [6.45, 7) is -0.745. The van der Waals surface area contributed by atoms with Crippen molar-refractivity contribution in [2.75, 3.05) is 6.61 Å². The molecule has 1 aliphatic heterocycles. The van der Waals surface area contributed by atoms with Gasteiger partial charge in [0.2, 0.25) is 0 Å². The average Bonchev–Trinajstić information content (AvgIpc) is 2.91. The summed E-state index contributed by atoms with van der Waals surface area (Å²) in [7, 11) is 0. The first-order valence-corrected chi connectivity index (χ1v) is 11.1. The molecule has 2 rings (SSSR count). The molecule has 132 valence electrons. The zero-order chi connectivity index (χ0) is 18.1. The smallest absolute Gasteiger partial charge is 1.00 e. The Morgan fingerprint density at radius 3 is 2.36 bits per heavy atom. The predicted octanol–water partition coefficient (Wildman–Crippen LogP) is -5.45. The Balaban J connectivity index is 0.00000312. The van der Waals surface area contributed by atoms with E-state index in [0.29, 0.717) is 0 Å². The van der Waals surface area contributed by atoms with Crippen molar-refractivity contribution in [3.05, 3.63) is 29.8 Å². The average molecular weight is 476 g/mol. The number of carboxylic acids is 2. The van der Waals surface area contributed by atoms with Crippen LogP contribution >= 0.6 is 0 Å². The normalized spacial score (nSPS) is 28.0. The minimum atomic E-state index is -5.21. The van der Waals surface area contributed by atoms with Crippen molar-refractivity contribution in [2.45, 2.75) is 24.4 Å². The Morgan fingerprint density at radius 1 is 1.20 bits per heavy atom. The van der Waals surface area contributed by atoms with Crippen LogP contribution in [0.3, 0.4) is 0 Å². The maximum atomic E-state index is 12.9. The van der Waals surface area contributed by atoms with E-state index in [1.807, 2.05) is 0 Å². The second-order valence-electron chi connectivity index (χ2n) is 5.02. The Labute approximate surface area is 168 Å². The largest absolute Gasteiger partial charge is 1.00 e. The van der Waals surface area contributed by atoms with Crippen molar-refractivity contribution in [3.63, 3.8) is 0 Å². The van der Waals surface area contributed by atoms with Gasteiger partial charge in [0.15, 0.2) is 0 Å². The van der Waals surface area contributed by atoms with E-state index in [1.54, 1.807) is 0 Å². The van der Waals surface area contributed by atoms with E-state index < -0.39 is 62.6 Å². The van der Waals surface area contributed by atoms with Gasteiger partial charge in [-0.15, -0.1) is 0 Å². The summed E-state index contributed by atoms with van der Waals surface area (Å²) in [5, 5.41) is 46.2. The van der Waals surface area contributed by atoms with Crippen molar-refractivity contribution in [1.29, 1.82) is 0 Å². The summed E-state index contributed by atoms with van der Waals surface area (Å²) in [6.07, 6.45) is -7.10. The SMILES string of the molecule is O=C(O)c1ccc[c]([Sb]2(=[O])[O]C(CO)C(C(O)C(O)C(=O)O)[O]2)c1.[Na+]. The number of hydrogen-bond acceptors (Lipinski definition) is 8. The molecule has 1 fully saturated rings. The third kappa shape index (κ3) is 4.85. The molecule has 1 heterocycles. The third-order valence-corrected chi connectivity index (χ3v) is 9.05. The maximum Gasteiger partial charge on any atom is 1.00 e. The second-order valence-corrected chi connectivity index (χ2v) is 10.5. The summed E-state index contributed by atoms with van der Waals surface area (Å²) >= 11 is -5.21. The number of carboxylic acid groups (broad SMARTS) is 2. The van der Waals surface area contributed by atoms with Crippen LogP contribution in [0.2, 0.25) is 0 Å². The number of aromatic carboxylic acids is 1. The summed E-state index contributed by atoms with van der Waals surface area (Å²) in [4.78, 5) is 21.7. The minimum absolute atomic E-state index is 0. The number of benzene rings is 1. The van der Waals surface area contributed by atoms with Crippen LogP contribution in [0.25, 0.3) is 0 Å². The van der Waals surface area contributed by atoms with E-state index in [-0.39, 0.29) is 38.6 Å². The molecule has 0 spiro atoms. The molecule has 0 radical (unpaired) electrons. The fraction of sp³-hybridized carbons (Fsp3) is 0.385. The van der Waals surface area contributed by atoms with Crippen molar-refractivity contribution >= 4 is 35.1 Å². The number of rotatable bonds is 6. The van der Waals surface area contributed by atoms with E-state index in [9.17, 15) is 27.9 Å². The van der Waals surface area contributed by atoms with Crippen LogP contribution in [-0.4, -0.2) is 88.1 Å². The molecule has 12 heteroatoms. The molecule has 5 unspecified atom stereocenters. The molecule has 1 aromatic carbocycles. The van der Waals surface area contributed by atoms with Gasteiger partial charge in [-0.3, -0.25) is 0 Å². The van der Waals surface area contributed by atoms with E-state index >= 15 is 0 Å². The van der Waals surface area contributed by atoms with Gasteiger partial charge in [-0.25, -0.2) is 0 Å². The van der Waals surface area contributed by atoms with Crippen LogP contribution < -0.4 is 33.1 Å². The van der Waals surface area contributed by atoms with Gasteiger partial charge in [-0.2, -0.15) is 0 Å². The molecule has 5 atom stereocenters. The number of carbonyl (C=O) groups is 2. The quantitative estimate of drug-likeness (QED) is 0.250. The molecule has 0 saturated carbocycles. The molecule has 25 heavy (non-hydrogen) atoms. The van der Waals surface area contributed by atoms with Crippen molar-refractivity contribution in [2.24, 2.45) is 0 Å². The molecule has 1 aliphatic rings. The van der Waals surface area contributed by atoms with Gasteiger partial charge in [0.05, 0.1) is 0 Å². The minimum Gasteiger partial charge on any atom is 1.00 e. The van der Waals surface area contributed by atoms with Gasteiger partial charge in [0, 0.05) is 0 Å². The molecule has 0 aliphatic carbocycles. The van der Waals surface area contributed by atoms with E-state index in [2.05, 4.69) is 0 Å². The molecule has 1 saturated heterocycles. The summed E-state index contributed by atoms with van der Waals surface area (Å²) in [5.41, 5.74) is -0.168. The van der Waals surface area contributed by atoms with E-state index in [0.717, 1.165) is 6.07 Å². The Bertz CT molecular complexity index is 695. The van der Waals surface area contributed by atoms with Crippen molar-refractivity contribution < 1.29 is 73.7 Å². The number of aliphatic carboxylic acids is 1. The van der Waals surface area contributed by atoms with Gasteiger partial charge in [-0.1, -0.05) is 0 Å². The monoisotopic (exact) mass is 475 g/mol.